The maximum Gasteiger partial charge on any atom is 0.251 e. The number of benzene rings is 1. The molecule has 1 amide bonds. The van der Waals surface area contributed by atoms with Crippen LogP contribution in [-0.4, -0.2) is 17.8 Å². The van der Waals surface area contributed by atoms with E-state index in [1.807, 2.05) is 13.0 Å². The van der Waals surface area contributed by atoms with Gasteiger partial charge in [0, 0.05) is 22.5 Å². The zero-order valence-electron chi connectivity index (χ0n) is 8.52. The van der Waals surface area contributed by atoms with Crippen LogP contribution < -0.4 is 5.32 Å². The lowest BCUT2D eigenvalue weighted by molar-refractivity contribution is 0.0953. The van der Waals surface area contributed by atoms with Gasteiger partial charge in [-0.15, -0.1) is 0 Å². The Morgan fingerprint density at radius 2 is 2.27 bits per heavy atom. The average molecular weight is 291 g/mol. The SMILES string of the molecule is Cc1ccc(Cl)cc1C(=O)NCCCBr. The molecular formula is C11H13BrClNO. The third-order valence-electron chi connectivity index (χ3n) is 2.04. The fraction of sp³-hybridized carbons (Fsp3) is 0.364. The Balaban J connectivity index is 2.68. The van der Waals surface area contributed by atoms with Gasteiger partial charge in [-0.1, -0.05) is 33.6 Å². The van der Waals surface area contributed by atoms with E-state index in [2.05, 4.69) is 21.2 Å². The highest BCUT2D eigenvalue weighted by molar-refractivity contribution is 9.09. The average Bonchev–Trinajstić information content (AvgIpc) is 2.22. The van der Waals surface area contributed by atoms with Crippen LogP contribution in [0.1, 0.15) is 22.3 Å². The van der Waals surface area contributed by atoms with E-state index >= 15 is 0 Å². The number of halogens is 2. The Morgan fingerprint density at radius 1 is 1.53 bits per heavy atom. The number of nitrogens with one attached hydrogen (secondary N) is 1. The van der Waals surface area contributed by atoms with Crippen LogP contribution in [-0.2, 0) is 0 Å². The van der Waals surface area contributed by atoms with Gasteiger partial charge in [0.15, 0.2) is 0 Å². The quantitative estimate of drug-likeness (QED) is 0.670. The van der Waals surface area contributed by atoms with Crippen LogP contribution in [0.15, 0.2) is 18.2 Å². The molecule has 15 heavy (non-hydrogen) atoms. The second-order valence-electron chi connectivity index (χ2n) is 3.26. The summed E-state index contributed by atoms with van der Waals surface area (Å²) >= 11 is 9.14. The topological polar surface area (TPSA) is 29.1 Å². The number of carbonyl (C=O) groups excluding carboxylic acids is 1. The molecule has 1 N–H and O–H groups in total. The molecule has 4 heteroatoms. The van der Waals surface area contributed by atoms with Gasteiger partial charge in [0.1, 0.15) is 0 Å². The van der Waals surface area contributed by atoms with Gasteiger partial charge in [0.25, 0.3) is 5.91 Å². The largest absolute Gasteiger partial charge is 0.352 e. The molecule has 1 aromatic carbocycles. The maximum atomic E-state index is 11.7. The minimum Gasteiger partial charge on any atom is -0.352 e. The number of hydrogen-bond acceptors (Lipinski definition) is 1. The first-order chi connectivity index (χ1) is 7.15. The van der Waals surface area contributed by atoms with E-state index in [0.717, 1.165) is 17.3 Å². The molecule has 1 aromatic rings. The smallest absolute Gasteiger partial charge is 0.251 e. The molecule has 0 fully saturated rings. The Morgan fingerprint density at radius 3 is 2.93 bits per heavy atom. The van der Waals surface area contributed by atoms with E-state index in [-0.39, 0.29) is 5.91 Å². The zero-order valence-corrected chi connectivity index (χ0v) is 10.9. The standard InChI is InChI=1S/C11H13BrClNO/c1-8-3-4-9(13)7-10(8)11(15)14-6-2-5-12/h3-4,7H,2,5-6H2,1H3,(H,14,15). The molecule has 0 spiro atoms. The molecule has 0 bridgehead atoms. The van der Waals surface area contributed by atoms with E-state index in [9.17, 15) is 4.79 Å². The summed E-state index contributed by atoms with van der Waals surface area (Å²) in [5.41, 5.74) is 1.59. The van der Waals surface area contributed by atoms with Gasteiger partial charge in [-0.25, -0.2) is 0 Å². The van der Waals surface area contributed by atoms with Crippen molar-refractivity contribution in [3.63, 3.8) is 0 Å². The number of rotatable bonds is 4. The highest BCUT2D eigenvalue weighted by Crippen LogP contribution is 2.15. The van der Waals surface area contributed by atoms with E-state index < -0.39 is 0 Å². The van der Waals surface area contributed by atoms with Gasteiger partial charge in [-0.3, -0.25) is 4.79 Å². The first-order valence-corrected chi connectivity index (χ1v) is 6.25. The number of hydrogen-bond donors (Lipinski definition) is 1. The third-order valence-corrected chi connectivity index (χ3v) is 2.84. The van der Waals surface area contributed by atoms with Crippen molar-refractivity contribution in [2.24, 2.45) is 0 Å². The van der Waals surface area contributed by atoms with Crippen molar-refractivity contribution in [1.29, 1.82) is 0 Å². The van der Waals surface area contributed by atoms with Crippen molar-refractivity contribution in [3.05, 3.63) is 34.3 Å². The fourth-order valence-electron chi connectivity index (χ4n) is 1.20. The van der Waals surface area contributed by atoms with Gasteiger partial charge in [0.2, 0.25) is 0 Å². The minimum atomic E-state index is -0.0593. The van der Waals surface area contributed by atoms with E-state index in [0.29, 0.717) is 17.1 Å². The summed E-state index contributed by atoms with van der Waals surface area (Å²) in [6.45, 7) is 2.58. The molecule has 0 saturated heterocycles. The minimum absolute atomic E-state index is 0.0593. The molecular weight excluding hydrogens is 277 g/mol. The van der Waals surface area contributed by atoms with Gasteiger partial charge in [-0.2, -0.15) is 0 Å². The summed E-state index contributed by atoms with van der Waals surface area (Å²) in [5.74, 6) is -0.0593. The first-order valence-electron chi connectivity index (χ1n) is 4.75. The zero-order chi connectivity index (χ0) is 11.3. The van der Waals surface area contributed by atoms with Crippen molar-refractivity contribution in [2.75, 3.05) is 11.9 Å². The van der Waals surface area contributed by atoms with Crippen molar-refractivity contribution in [3.8, 4) is 0 Å². The molecule has 0 saturated carbocycles. The van der Waals surface area contributed by atoms with Crippen LogP contribution in [0.25, 0.3) is 0 Å². The van der Waals surface area contributed by atoms with Crippen molar-refractivity contribution in [2.45, 2.75) is 13.3 Å². The van der Waals surface area contributed by atoms with Gasteiger partial charge in [0.05, 0.1) is 0 Å². The molecule has 82 valence electrons. The van der Waals surface area contributed by atoms with Crippen LogP contribution in [0.5, 0.6) is 0 Å². The van der Waals surface area contributed by atoms with Gasteiger partial charge in [-0.05, 0) is 31.0 Å². The molecule has 0 atom stereocenters. The second kappa shape index (κ2) is 6.13. The first kappa shape index (κ1) is 12.5. The van der Waals surface area contributed by atoms with E-state index in [1.165, 1.54) is 0 Å². The van der Waals surface area contributed by atoms with Crippen LogP contribution in [0.3, 0.4) is 0 Å². The predicted molar refractivity (Wildman–Crippen MR) is 66.9 cm³/mol. The molecule has 0 aliphatic rings. The summed E-state index contributed by atoms with van der Waals surface area (Å²) in [6, 6.07) is 5.33. The van der Waals surface area contributed by atoms with E-state index in [1.54, 1.807) is 12.1 Å². The molecule has 0 heterocycles. The molecule has 1 rings (SSSR count). The number of alkyl halides is 1. The number of aryl methyl sites for hydroxylation is 1. The molecule has 0 unspecified atom stereocenters. The van der Waals surface area contributed by atoms with Crippen LogP contribution in [0.4, 0.5) is 0 Å². The van der Waals surface area contributed by atoms with Crippen molar-refractivity contribution in [1.82, 2.24) is 5.32 Å². The van der Waals surface area contributed by atoms with Crippen LogP contribution >= 0.6 is 27.5 Å². The van der Waals surface area contributed by atoms with Gasteiger partial charge >= 0.3 is 0 Å². The summed E-state index contributed by atoms with van der Waals surface area (Å²) in [5, 5.41) is 4.32. The van der Waals surface area contributed by atoms with Gasteiger partial charge < -0.3 is 5.32 Å². The summed E-state index contributed by atoms with van der Waals surface area (Å²) in [6.07, 6.45) is 0.922. The lowest BCUT2D eigenvalue weighted by atomic mass is 10.1. The predicted octanol–water partition coefficient (Wildman–Crippen LogP) is 3.16. The lowest BCUT2D eigenvalue weighted by Crippen LogP contribution is -2.25. The molecule has 0 aromatic heterocycles. The summed E-state index contributed by atoms with van der Waals surface area (Å²) < 4.78 is 0. The van der Waals surface area contributed by atoms with E-state index in [4.69, 9.17) is 11.6 Å². The molecule has 0 radical (unpaired) electrons. The number of carbonyl (C=O) groups is 1. The lowest BCUT2D eigenvalue weighted by Gasteiger charge is -2.07. The summed E-state index contributed by atoms with van der Waals surface area (Å²) in [7, 11) is 0. The molecule has 0 aliphatic carbocycles. The monoisotopic (exact) mass is 289 g/mol. The highest BCUT2D eigenvalue weighted by Gasteiger charge is 2.08. The molecule has 2 nitrogen and oxygen atoms in total. The maximum absolute atomic E-state index is 11.7. The Bertz CT molecular complexity index is 354. The molecule has 0 aliphatic heterocycles. The van der Waals surface area contributed by atoms with Crippen LogP contribution in [0, 0.1) is 6.92 Å². The highest BCUT2D eigenvalue weighted by atomic mass is 79.9. The number of amides is 1. The Hall–Kier alpha value is -0.540. The van der Waals surface area contributed by atoms with Crippen molar-refractivity contribution < 1.29 is 4.79 Å². The van der Waals surface area contributed by atoms with Crippen molar-refractivity contribution >= 4 is 33.4 Å². The summed E-state index contributed by atoms with van der Waals surface area (Å²) in [4.78, 5) is 11.7. The Kier molecular flexibility index (Phi) is 5.12. The second-order valence-corrected chi connectivity index (χ2v) is 4.49. The third kappa shape index (κ3) is 3.84. The fourth-order valence-corrected chi connectivity index (χ4v) is 1.66. The Labute approximate surface area is 103 Å². The van der Waals surface area contributed by atoms with Crippen LogP contribution in [0.2, 0.25) is 5.02 Å². The normalized spacial score (nSPS) is 10.1.